The fraction of sp³-hybridized carbons (Fsp3) is 0.292. The van der Waals surface area contributed by atoms with Gasteiger partial charge in [-0.25, -0.2) is 18.8 Å². The van der Waals surface area contributed by atoms with Crippen LogP contribution in [-0.4, -0.2) is 65.7 Å². The van der Waals surface area contributed by atoms with Crippen LogP contribution in [0.5, 0.6) is 5.75 Å². The number of allylic oxidation sites excluding steroid dienone is 1. The third-order valence-electron chi connectivity index (χ3n) is 5.31. The minimum atomic E-state index is -0.805. The van der Waals surface area contributed by atoms with E-state index in [4.69, 9.17) is 9.47 Å². The molecule has 0 atom stereocenters. The molecule has 0 unspecified atom stereocenters. The van der Waals surface area contributed by atoms with Gasteiger partial charge in [0.1, 0.15) is 11.7 Å². The Labute approximate surface area is 201 Å². The molecule has 0 saturated carbocycles. The number of halogens is 2. The van der Waals surface area contributed by atoms with Gasteiger partial charge in [0.25, 0.3) is 0 Å². The summed E-state index contributed by atoms with van der Waals surface area (Å²) in [5.74, 6) is -0.593. The molecule has 184 valence electrons. The second-order valence-electron chi connectivity index (χ2n) is 7.83. The first-order valence-electron chi connectivity index (χ1n) is 11.1. The smallest absolute Gasteiger partial charge is 0.194 e. The molecule has 11 heteroatoms. The van der Waals surface area contributed by atoms with E-state index in [0.717, 1.165) is 11.4 Å². The summed E-state index contributed by atoms with van der Waals surface area (Å²) in [6.07, 6.45) is 5.45. The molecule has 0 aliphatic carbocycles. The van der Waals surface area contributed by atoms with E-state index in [-0.39, 0.29) is 12.1 Å². The van der Waals surface area contributed by atoms with Gasteiger partial charge in [0.15, 0.2) is 29.9 Å². The number of fused-ring (bicyclic) bond motifs is 1. The maximum absolute atomic E-state index is 14.9. The average Bonchev–Trinajstić information content (AvgIpc) is 3.46. The molecule has 4 rings (SSSR count). The van der Waals surface area contributed by atoms with Crippen molar-refractivity contribution in [3.05, 3.63) is 59.2 Å². The van der Waals surface area contributed by atoms with Crippen molar-refractivity contribution in [1.82, 2.24) is 20.1 Å². The molecular formula is C24H27F2N7O2. The number of anilines is 1. The van der Waals surface area contributed by atoms with Crippen molar-refractivity contribution in [2.24, 2.45) is 9.98 Å². The Morgan fingerprint density at radius 2 is 2.11 bits per heavy atom. The normalized spacial score (nSPS) is 15.3. The molecule has 0 bridgehead atoms. The summed E-state index contributed by atoms with van der Waals surface area (Å²) < 4.78 is 40.2. The van der Waals surface area contributed by atoms with Gasteiger partial charge in [0.05, 0.1) is 24.4 Å². The van der Waals surface area contributed by atoms with E-state index in [1.807, 2.05) is 30.0 Å². The van der Waals surface area contributed by atoms with E-state index in [1.165, 1.54) is 6.07 Å². The van der Waals surface area contributed by atoms with E-state index < -0.39 is 17.4 Å². The van der Waals surface area contributed by atoms with Crippen molar-refractivity contribution >= 4 is 35.3 Å². The first-order valence-corrected chi connectivity index (χ1v) is 11.1. The van der Waals surface area contributed by atoms with Crippen LogP contribution < -0.4 is 10.1 Å². The van der Waals surface area contributed by atoms with Crippen LogP contribution in [0.3, 0.4) is 0 Å². The molecule has 0 radical (unpaired) electrons. The van der Waals surface area contributed by atoms with Crippen molar-refractivity contribution in [3.8, 4) is 5.75 Å². The van der Waals surface area contributed by atoms with Gasteiger partial charge >= 0.3 is 0 Å². The highest BCUT2D eigenvalue weighted by Gasteiger charge is 2.18. The minimum Gasteiger partial charge on any atom is -0.465 e. The molecule has 9 nitrogen and oxygen atoms in total. The fourth-order valence-electron chi connectivity index (χ4n) is 3.69. The molecule has 1 aliphatic heterocycles. The van der Waals surface area contributed by atoms with E-state index in [0.29, 0.717) is 49.3 Å². The Hall–Kier alpha value is -3.99. The molecular weight excluding hydrogens is 456 g/mol. The zero-order valence-corrected chi connectivity index (χ0v) is 19.6. The number of aliphatic imine (C=N–C) groups is 2. The van der Waals surface area contributed by atoms with Crippen LogP contribution in [0.4, 0.5) is 14.6 Å². The van der Waals surface area contributed by atoms with Crippen molar-refractivity contribution in [2.45, 2.75) is 13.8 Å². The molecule has 1 aromatic carbocycles. The first-order chi connectivity index (χ1) is 17.0. The molecule has 1 fully saturated rings. The number of rotatable bonds is 8. The lowest BCUT2D eigenvalue weighted by Gasteiger charge is -2.28. The van der Waals surface area contributed by atoms with Gasteiger partial charge in [0, 0.05) is 42.4 Å². The number of hydrogen-bond donors (Lipinski definition) is 3. The molecule has 3 heterocycles. The molecule has 1 saturated heterocycles. The number of nitrogens with one attached hydrogen (secondary N) is 3. The van der Waals surface area contributed by atoms with Crippen LogP contribution >= 0.6 is 0 Å². The first kappa shape index (κ1) is 24.1. The number of morpholine rings is 1. The highest BCUT2D eigenvalue weighted by atomic mass is 19.1. The molecule has 35 heavy (non-hydrogen) atoms. The number of benzene rings is 1. The van der Waals surface area contributed by atoms with Crippen LogP contribution in [0, 0.1) is 18.6 Å². The second kappa shape index (κ2) is 11.0. The maximum atomic E-state index is 14.9. The summed E-state index contributed by atoms with van der Waals surface area (Å²) in [5.41, 5.74) is 1.92. The largest absolute Gasteiger partial charge is 0.465 e. The summed E-state index contributed by atoms with van der Waals surface area (Å²) >= 11 is 0. The fourth-order valence-corrected chi connectivity index (χ4v) is 3.69. The molecule has 3 N–H and O–H groups in total. The zero-order valence-electron chi connectivity index (χ0n) is 19.6. The number of H-pyrrole nitrogens is 2. The van der Waals surface area contributed by atoms with E-state index in [1.54, 1.807) is 19.1 Å². The van der Waals surface area contributed by atoms with Gasteiger partial charge in [-0.15, -0.1) is 0 Å². The van der Waals surface area contributed by atoms with Gasteiger partial charge < -0.3 is 24.7 Å². The van der Waals surface area contributed by atoms with E-state index in [2.05, 4.69) is 37.2 Å². The summed E-state index contributed by atoms with van der Waals surface area (Å²) in [5, 5.41) is 10.4. The summed E-state index contributed by atoms with van der Waals surface area (Å²) in [6.45, 7) is 9.22. The maximum Gasteiger partial charge on any atom is 0.194 e. The van der Waals surface area contributed by atoms with Crippen LogP contribution in [-0.2, 0) is 4.74 Å². The number of aromatic amines is 2. The van der Waals surface area contributed by atoms with E-state index in [9.17, 15) is 8.78 Å². The van der Waals surface area contributed by atoms with Gasteiger partial charge in [-0.2, -0.15) is 5.10 Å². The Balaban J connectivity index is 1.56. The highest BCUT2D eigenvalue weighted by molar-refractivity contribution is 5.94. The third-order valence-corrected chi connectivity index (χ3v) is 5.31. The lowest BCUT2D eigenvalue weighted by atomic mass is 10.2. The van der Waals surface area contributed by atoms with Crippen LogP contribution in [0.15, 0.2) is 46.2 Å². The lowest BCUT2D eigenvalue weighted by Crippen LogP contribution is -2.40. The number of aromatic nitrogens is 3. The predicted molar refractivity (Wildman–Crippen MR) is 133 cm³/mol. The van der Waals surface area contributed by atoms with Crippen LogP contribution in [0.25, 0.3) is 17.0 Å². The van der Waals surface area contributed by atoms with Crippen molar-refractivity contribution < 1.29 is 18.3 Å². The molecule has 2 aromatic heterocycles. The monoisotopic (exact) mass is 483 g/mol. The van der Waals surface area contributed by atoms with Gasteiger partial charge in [-0.1, -0.05) is 6.08 Å². The summed E-state index contributed by atoms with van der Waals surface area (Å²) in [4.78, 5) is 13.4. The van der Waals surface area contributed by atoms with Gasteiger partial charge in [-0.3, -0.25) is 5.10 Å². The zero-order chi connectivity index (χ0) is 24.8. The number of ether oxygens (including phenoxy) is 2. The number of nitrogens with zero attached hydrogens (tertiary/aromatic N) is 4. The van der Waals surface area contributed by atoms with E-state index >= 15 is 0 Å². The third kappa shape index (κ3) is 5.75. The number of hydrogen-bond acceptors (Lipinski definition) is 6. The number of aryl methyl sites for hydroxylation is 1. The van der Waals surface area contributed by atoms with Crippen LogP contribution in [0.2, 0.25) is 0 Å². The van der Waals surface area contributed by atoms with Crippen molar-refractivity contribution in [3.63, 3.8) is 0 Å². The SMILES string of the molecule is C=N/C(=C\C(=N/COc1c(F)cc2[nH]c(C)cc2c1F)N1CCOCC1)Nc1cc(/C=C\C)[nH]n1. The minimum absolute atomic E-state index is 0.259. The summed E-state index contributed by atoms with van der Waals surface area (Å²) in [7, 11) is 0. The predicted octanol–water partition coefficient (Wildman–Crippen LogP) is 4.23. The second-order valence-corrected chi connectivity index (χ2v) is 7.83. The summed E-state index contributed by atoms with van der Waals surface area (Å²) in [6, 6.07) is 4.63. The number of amidine groups is 1. The molecule has 0 amide bonds. The molecule has 3 aromatic rings. The van der Waals surface area contributed by atoms with Crippen LogP contribution in [0.1, 0.15) is 18.3 Å². The Morgan fingerprint density at radius 1 is 1.31 bits per heavy atom. The van der Waals surface area contributed by atoms with Crippen molar-refractivity contribution in [2.75, 3.05) is 38.4 Å². The standard InChI is InChI=1S/C24H27F2N7O2/c1-4-5-16-11-21(32-31-16)30-20(27-3)13-22(33-6-8-34-9-7-33)28-14-35-24-18(25)12-19-17(23(24)26)10-15(2)29-19/h4-5,10-13,29H,3,6-9,14H2,1-2H3,(H2,30,31,32)/b5-4-,20-13+,28-22+. The molecule has 0 spiro atoms. The highest BCUT2D eigenvalue weighted by Crippen LogP contribution is 2.30. The lowest BCUT2D eigenvalue weighted by molar-refractivity contribution is 0.0681. The molecule has 1 aliphatic rings. The van der Waals surface area contributed by atoms with Crippen molar-refractivity contribution in [1.29, 1.82) is 0 Å². The van der Waals surface area contributed by atoms with Gasteiger partial charge in [-0.05, 0) is 32.7 Å². The Bertz CT molecular complexity index is 1290. The van der Waals surface area contributed by atoms with Gasteiger partial charge in [0.2, 0.25) is 0 Å². The quantitative estimate of drug-likeness (QED) is 0.329. The Morgan fingerprint density at radius 3 is 2.86 bits per heavy atom. The topological polar surface area (TPSA) is 103 Å². The Kier molecular flexibility index (Phi) is 7.56. The average molecular weight is 484 g/mol.